The molecule has 2 heterocycles. The number of methoxy groups -OCH3 is 2. The fraction of sp³-hybridized carbons (Fsp3) is 0.343. The Morgan fingerprint density at radius 2 is 1.88 bits per heavy atom. The lowest BCUT2D eigenvalue weighted by molar-refractivity contribution is -0.122. The molecule has 3 unspecified atom stereocenters. The van der Waals surface area contributed by atoms with Gasteiger partial charge in [0.15, 0.2) is 17.3 Å². The zero-order valence-corrected chi connectivity index (χ0v) is 28.5. The number of benzene rings is 2. The van der Waals surface area contributed by atoms with Gasteiger partial charge in [0.2, 0.25) is 23.2 Å². The van der Waals surface area contributed by atoms with Gasteiger partial charge in [-0.1, -0.05) is 30.7 Å². The number of nitrogens with zero attached hydrogens (tertiary/aromatic N) is 1. The molecule has 3 aromatic rings. The maximum atomic E-state index is 14.3. The standard InChI is InChI=1S/C35H36ClN3O8S/c1-19-15-24(40)29(33(43)35(19)34(44)30-25(45-2)17-26(46-3)31(36)32(30)47-35)23(20-9-11-22(48-4)12-10-20)16-28(42)38-14-6-8-27(41)39-21-7-5-13-37-18-21/h5,7,9-13,17-19,23,43H,6,8,14-16H2,1-4H3,(H,38,42)(H,39,41). The zero-order chi connectivity index (χ0) is 34.6. The smallest absolute Gasteiger partial charge is 0.231 e. The number of ether oxygens (including phenoxy) is 3. The van der Waals surface area contributed by atoms with Crippen molar-refractivity contribution < 1.29 is 38.5 Å². The molecular formula is C35H36ClN3O8S. The van der Waals surface area contributed by atoms with Crippen LogP contribution in [0.25, 0.3) is 0 Å². The topological polar surface area (TPSA) is 153 Å². The summed E-state index contributed by atoms with van der Waals surface area (Å²) in [6, 6.07) is 12.2. The summed E-state index contributed by atoms with van der Waals surface area (Å²) in [7, 11) is 2.79. The van der Waals surface area contributed by atoms with Crippen LogP contribution < -0.4 is 24.8 Å². The number of allylic oxidation sites excluding steroid dienone is 1. The van der Waals surface area contributed by atoms with Crippen LogP contribution in [-0.2, 0) is 14.4 Å². The molecule has 1 aliphatic heterocycles. The highest BCUT2D eigenvalue weighted by atomic mass is 35.5. The van der Waals surface area contributed by atoms with Crippen molar-refractivity contribution in [3.8, 4) is 17.2 Å². The molecule has 252 valence electrons. The second kappa shape index (κ2) is 14.7. The van der Waals surface area contributed by atoms with E-state index in [1.807, 2.05) is 18.4 Å². The van der Waals surface area contributed by atoms with Crippen LogP contribution in [0, 0.1) is 5.92 Å². The lowest BCUT2D eigenvalue weighted by Gasteiger charge is -2.38. The number of nitrogens with one attached hydrogen (secondary N) is 2. The van der Waals surface area contributed by atoms with E-state index in [4.69, 9.17) is 25.8 Å². The summed E-state index contributed by atoms with van der Waals surface area (Å²) in [5.41, 5.74) is -0.865. The van der Waals surface area contributed by atoms with Crippen molar-refractivity contribution in [2.75, 3.05) is 32.3 Å². The van der Waals surface area contributed by atoms with Crippen LogP contribution in [0.15, 0.2) is 71.1 Å². The Bertz CT molecular complexity index is 1770. The summed E-state index contributed by atoms with van der Waals surface area (Å²) >= 11 is 8.11. The normalized spacial score (nSPS) is 19.1. The SMILES string of the molecule is COc1cc(OC)c2c(c1Cl)OC1(C2=O)C(O)=C(C(CC(=O)NCCCC(=O)Nc2cccnc2)c2ccc(SC)cc2)C(=O)CC1C. The van der Waals surface area contributed by atoms with Crippen LogP contribution in [0.2, 0.25) is 5.02 Å². The molecule has 3 atom stereocenters. The van der Waals surface area contributed by atoms with E-state index in [1.54, 1.807) is 37.4 Å². The van der Waals surface area contributed by atoms with Gasteiger partial charge in [0, 0.05) is 60.4 Å². The number of thioether (sulfide) groups is 1. The number of halogens is 1. The molecule has 0 saturated heterocycles. The molecule has 1 spiro atoms. The number of fused-ring (bicyclic) bond motifs is 1. The number of hydrogen-bond acceptors (Lipinski definition) is 10. The molecule has 3 N–H and O–H groups in total. The Labute approximate surface area is 287 Å². The second-order valence-corrected chi connectivity index (χ2v) is 12.8. The van der Waals surface area contributed by atoms with Gasteiger partial charge < -0.3 is 30.0 Å². The average Bonchev–Trinajstić information content (AvgIpc) is 3.40. The average molecular weight is 694 g/mol. The zero-order valence-electron chi connectivity index (χ0n) is 26.9. The van der Waals surface area contributed by atoms with Crippen LogP contribution in [0.4, 0.5) is 5.69 Å². The Hall–Kier alpha value is -4.55. The van der Waals surface area contributed by atoms with E-state index in [0.717, 1.165) is 4.90 Å². The van der Waals surface area contributed by atoms with Gasteiger partial charge in [0.05, 0.1) is 26.1 Å². The molecule has 13 heteroatoms. The number of rotatable bonds is 12. The fourth-order valence-corrected chi connectivity index (χ4v) is 6.83. The molecule has 2 aliphatic rings. The molecule has 0 radical (unpaired) electrons. The van der Waals surface area contributed by atoms with E-state index < -0.39 is 40.7 Å². The van der Waals surface area contributed by atoms with Crippen LogP contribution in [0.3, 0.4) is 0 Å². The molecule has 1 aliphatic carbocycles. The van der Waals surface area contributed by atoms with Crippen molar-refractivity contribution in [2.45, 2.75) is 49.0 Å². The van der Waals surface area contributed by atoms with E-state index in [1.165, 1.54) is 38.2 Å². The molecule has 48 heavy (non-hydrogen) atoms. The molecular weight excluding hydrogens is 658 g/mol. The Balaban J connectivity index is 1.44. The van der Waals surface area contributed by atoms with Gasteiger partial charge in [-0.25, -0.2) is 0 Å². The first-order valence-electron chi connectivity index (χ1n) is 15.3. The summed E-state index contributed by atoms with van der Waals surface area (Å²) in [6.07, 6.45) is 5.25. The maximum Gasteiger partial charge on any atom is 0.231 e. The first kappa shape index (κ1) is 34.8. The summed E-state index contributed by atoms with van der Waals surface area (Å²) in [4.78, 5) is 58.7. The van der Waals surface area contributed by atoms with Gasteiger partial charge in [0.25, 0.3) is 0 Å². The van der Waals surface area contributed by atoms with Crippen LogP contribution in [-0.4, -0.2) is 66.1 Å². The van der Waals surface area contributed by atoms with Crippen molar-refractivity contribution in [3.63, 3.8) is 0 Å². The van der Waals surface area contributed by atoms with Crippen molar-refractivity contribution >= 4 is 52.4 Å². The highest BCUT2D eigenvalue weighted by molar-refractivity contribution is 7.98. The first-order chi connectivity index (χ1) is 23.0. The number of aliphatic hydroxyl groups is 1. The van der Waals surface area contributed by atoms with E-state index in [0.29, 0.717) is 17.7 Å². The summed E-state index contributed by atoms with van der Waals surface area (Å²) in [5, 5.41) is 17.6. The third-order valence-electron chi connectivity index (χ3n) is 8.62. The van der Waals surface area contributed by atoms with Gasteiger partial charge in [-0.3, -0.25) is 24.2 Å². The molecule has 11 nitrogen and oxygen atoms in total. The Morgan fingerprint density at radius 3 is 2.52 bits per heavy atom. The van der Waals surface area contributed by atoms with Crippen molar-refractivity contribution in [1.82, 2.24) is 10.3 Å². The first-order valence-corrected chi connectivity index (χ1v) is 16.9. The predicted molar refractivity (Wildman–Crippen MR) is 181 cm³/mol. The Morgan fingerprint density at radius 1 is 1.15 bits per heavy atom. The van der Waals surface area contributed by atoms with Crippen LogP contribution >= 0.6 is 23.4 Å². The molecule has 2 aromatic carbocycles. The fourth-order valence-electron chi connectivity index (χ4n) is 6.16. The van der Waals surface area contributed by atoms with E-state index >= 15 is 0 Å². The predicted octanol–water partition coefficient (Wildman–Crippen LogP) is 5.92. The quantitative estimate of drug-likeness (QED) is 0.154. The largest absolute Gasteiger partial charge is 0.507 e. The molecule has 1 aromatic heterocycles. The van der Waals surface area contributed by atoms with E-state index in [9.17, 15) is 24.3 Å². The molecule has 5 rings (SSSR count). The minimum Gasteiger partial charge on any atom is -0.507 e. The van der Waals surface area contributed by atoms with Crippen molar-refractivity contribution in [2.24, 2.45) is 5.92 Å². The minimum absolute atomic E-state index is 0.0175. The van der Waals surface area contributed by atoms with Gasteiger partial charge in [-0.05, 0) is 42.5 Å². The second-order valence-electron chi connectivity index (χ2n) is 11.5. The lowest BCUT2D eigenvalue weighted by atomic mass is 9.69. The molecule has 0 fully saturated rings. The third-order valence-corrected chi connectivity index (χ3v) is 9.72. The molecule has 0 saturated carbocycles. The molecule has 0 bridgehead atoms. The number of ketones is 2. The number of hydrogen-bond donors (Lipinski definition) is 3. The van der Waals surface area contributed by atoms with Crippen LogP contribution in [0.5, 0.6) is 17.2 Å². The number of carbonyl (C=O) groups excluding carboxylic acids is 4. The van der Waals surface area contributed by atoms with Gasteiger partial charge >= 0.3 is 0 Å². The van der Waals surface area contributed by atoms with Crippen LogP contribution in [0.1, 0.15) is 54.4 Å². The highest BCUT2D eigenvalue weighted by Gasteiger charge is 2.61. The Kier molecular flexibility index (Phi) is 10.6. The van der Waals surface area contributed by atoms with Gasteiger partial charge in [0.1, 0.15) is 22.1 Å². The lowest BCUT2D eigenvalue weighted by Crippen LogP contribution is -2.53. The van der Waals surface area contributed by atoms with Crippen molar-refractivity contribution in [1.29, 1.82) is 0 Å². The third kappa shape index (κ3) is 6.59. The number of aromatic nitrogens is 1. The van der Waals surface area contributed by atoms with Crippen molar-refractivity contribution in [3.05, 3.63) is 82.3 Å². The number of aliphatic hydroxyl groups excluding tert-OH is 1. The highest BCUT2D eigenvalue weighted by Crippen LogP contribution is 2.55. The van der Waals surface area contributed by atoms with E-state index in [-0.39, 0.29) is 65.1 Å². The molecule has 2 amide bonds. The number of pyridine rings is 1. The summed E-state index contributed by atoms with van der Waals surface area (Å²) in [5.74, 6) is -3.58. The van der Waals surface area contributed by atoms with E-state index in [2.05, 4.69) is 15.6 Å². The minimum atomic E-state index is -1.98. The number of Topliss-reactive ketones (excluding diaryl/α,β-unsaturated/α-hetero) is 2. The number of anilines is 1. The van der Waals surface area contributed by atoms with Gasteiger partial charge in [-0.15, -0.1) is 11.8 Å². The monoisotopic (exact) mass is 693 g/mol. The number of amides is 2. The maximum absolute atomic E-state index is 14.3. The summed E-state index contributed by atoms with van der Waals surface area (Å²) < 4.78 is 17.1. The van der Waals surface area contributed by atoms with Gasteiger partial charge in [-0.2, -0.15) is 0 Å². The number of carbonyl (C=O) groups is 4. The summed E-state index contributed by atoms with van der Waals surface area (Å²) in [6.45, 7) is 1.85.